The summed E-state index contributed by atoms with van der Waals surface area (Å²) in [5.41, 5.74) is 7.53. The molecule has 4 heteroatoms. The lowest BCUT2D eigenvalue weighted by molar-refractivity contribution is 0.123. The summed E-state index contributed by atoms with van der Waals surface area (Å²) < 4.78 is 0. The Kier molecular flexibility index (Phi) is 6.64. The number of hydrogen-bond acceptors (Lipinski definition) is 4. The van der Waals surface area contributed by atoms with Crippen molar-refractivity contribution < 1.29 is 0 Å². The number of nitrogens with two attached hydrogens (primary N) is 1. The van der Waals surface area contributed by atoms with Crippen molar-refractivity contribution in [3.63, 3.8) is 0 Å². The third kappa shape index (κ3) is 5.75. The summed E-state index contributed by atoms with van der Waals surface area (Å²) in [6.45, 7) is 8.17. The first kappa shape index (κ1) is 16.4. The van der Waals surface area contributed by atoms with Gasteiger partial charge in [0.25, 0.3) is 0 Å². The van der Waals surface area contributed by atoms with Gasteiger partial charge >= 0.3 is 0 Å². The maximum atomic E-state index is 6.28. The monoisotopic (exact) mass is 290 g/mol. The van der Waals surface area contributed by atoms with Crippen molar-refractivity contribution in [2.75, 3.05) is 59.9 Å². The molecule has 1 fully saturated rings. The highest BCUT2D eigenvalue weighted by atomic mass is 15.3. The minimum absolute atomic E-state index is 0.165. The predicted molar refractivity (Wildman–Crippen MR) is 89.4 cm³/mol. The molecule has 0 aromatic heterocycles. The molecule has 0 amide bonds. The van der Waals surface area contributed by atoms with Crippen LogP contribution in [0, 0.1) is 0 Å². The van der Waals surface area contributed by atoms with Crippen molar-refractivity contribution in [1.29, 1.82) is 0 Å². The molecule has 0 bridgehead atoms. The van der Waals surface area contributed by atoms with E-state index >= 15 is 0 Å². The zero-order valence-electron chi connectivity index (χ0n) is 13.5. The molecule has 118 valence electrons. The summed E-state index contributed by atoms with van der Waals surface area (Å²) in [6.07, 6.45) is 1.04. The van der Waals surface area contributed by atoms with Gasteiger partial charge in [-0.2, -0.15) is 0 Å². The van der Waals surface area contributed by atoms with Crippen LogP contribution in [0.2, 0.25) is 0 Å². The second kappa shape index (κ2) is 8.49. The second-order valence-corrected chi connectivity index (χ2v) is 6.29. The van der Waals surface area contributed by atoms with Crippen LogP contribution >= 0.6 is 0 Å². The van der Waals surface area contributed by atoms with E-state index in [9.17, 15) is 0 Å². The molecule has 0 radical (unpaired) electrons. The second-order valence-electron chi connectivity index (χ2n) is 6.29. The SMILES string of the molecule is CN(C)CCN1CCN(CCC(N)c2ccccc2)CC1. The summed E-state index contributed by atoms with van der Waals surface area (Å²) in [4.78, 5) is 7.37. The summed E-state index contributed by atoms with van der Waals surface area (Å²) in [5.74, 6) is 0. The molecule has 1 unspecified atom stereocenters. The molecule has 21 heavy (non-hydrogen) atoms. The first-order valence-electron chi connectivity index (χ1n) is 8.05. The van der Waals surface area contributed by atoms with E-state index in [0.717, 1.165) is 19.5 Å². The Bertz CT molecular complexity index is 385. The molecule has 2 rings (SSSR count). The fourth-order valence-electron chi connectivity index (χ4n) is 2.77. The van der Waals surface area contributed by atoms with Crippen molar-refractivity contribution in [2.24, 2.45) is 5.73 Å². The number of benzene rings is 1. The van der Waals surface area contributed by atoms with E-state index in [1.807, 2.05) is 6.07 Å². The molecule has 1 atom stereocenters. The topological polar surface area (TPSA) is 35.7 Å². The van der Waals surface area contributed by atoms with Crippen LogP contribution in [0.3, 0.4) is 0 Å². The first-order valence-corrected chi connectivity index (χ1v) is 8.05. The van der Waals surface area contributed by atoms with E-state index in [2.05, 4.69) is 53.1 Å². The molecule has 4 nitrogen and oxygen atoms in total. The van der Waals surface area contributed by atoms with E-state index in [4.69, 9.17) is 5.73 Å². The summed E-state index contributed by atoms with van der Waals surface area (Å²) in [5, 5.41) is 0. The van der Waals surface area contributed by atoms with Gasteiger partial charge in [0.1, 0.15) is 0 Å². The summed E-state index contributed by atoms with van der Waals surface area (Å²) in [7, 11) is 4.28. The highest BCUT2D eigenvalue weighted by Gasteiger charge is 2.17. The van der Waals surface area contributed by atoms with Crippen LogP contribution in [0.15, 0.2) is 30.3 Å². The Morgan fingerprint density at radius 1 is 1.00 bits per heavy atom. The molecule has 0 aliphatic carbocycles. The highest BCUT2D eigenvalue weighted by Crippen LogP contribution is 2.14. The Morgan fingerprint density at radius 3 is 2.14 bits per heavy atom. The van der Waals surface area contributed by atoms with Crippen molar-refractivity contribution in [3.8, 4) is 0 Å². The maximum absolute atomic E-state index is 6.28. The molecule has 1 aromatic rings. The Balaban J connectivity index is 1.65. The quantitative estimate of drug-likeness (QED) is 0.820. The standard InChI is InChI=1S/C17H30N4/c1-19(2)10-11-21-14-12-20(13-15-21)9-8-17(18)16-6-4-3-5-7-16/h3-7,17H,8-15,18H2,1-2H3. The molecule has 1 saturated heterocycles. The van der Waals surface area contributed by atoms with Gasteiger partial charge in [-0.1, -0.05) is 30.3 Å². The smallest absolute Gasteiger partial charge is 0.0307 e. The van der Waals surface area contributed by atoms with Crippen molar-refractivity contribution in [3.05, 3.63) is 35.9 Å². The zero-order valence-corrected chi connectivity index (χ0v) is 13.5. The summed E-state index contributed by atoms with van der Waals surface area (Å²) in [6, 6.07) is 10.6. The van der Waals surface area contributed by atoms with Gasteiger partial charge in [0.05, 0.1) is 0 Å². The Morgan fingerprint density at radius 2 is 1.57 bits per heavy atom. The van der Waals surface area contributed by atoms with Gasteiger partial charge in [0.15, 0.2) is 0 Å². The van der Waals surface area contributed by atoms with E-state index in [-0.39, 0.29) is 6.04 Å². The highest BCUT2D eigenvalue weighted by molar-refractivity contribution is 5.18. The molecular weight excluding hydrogens is 260 g/mol. The largest absolute Gasteiger partial charge is 0.324 e. The molecular formula is C17H30N4. The summed E-state index contributed by atoms with van der Waals surface area (Å²) >= 11 is 0. The van der Waals surface area contributed by atoms with Crippen LogP contribution in [0.4, 0.5) is 0 Å². The Labute approximate surface area is 129 Å². The van der Waals surface area contributed by atoms with Crippen LogP contribution in [-0.2, 0) is 0 Å². The number of likely N-dealkylation sites (N-methyl/N-ethyl adjacent to an activating group) is 1. The van der Waals surface area contributed by atoms with E-state index < -0.39 is 0 Å². The number of hydrogen-bond donors (Lipinski definition) is 1. The van der Waals surface area contributed by atoms with Gasteiger partial charge in [-0.05, 0) is 26.1 Å². The van der Waals surface area contributed by atoms with Crippen LogP contribution in [0.5, 0.6) is 0 Å². The number of nitrogens with zero attached hydrogens (tertiary/aromatic N) is 3. The minimum Gasteiger partial charge on any atom is -0.324 e. The number of piperazine rings is 1. The lowest BCUT2D eigenvalue weighted by Gasteiger charge is -2.35. The lowest BCUT2D eigenvalue weighted by atomic mass is 10.0. The van der Waals surface area contributed by atoms with Crippen molar-refractivity contribution >= 4 is 0 Å². The molecule has 1 aliphatic rings. The minimum atomic E-state index is 0.165. The van der Waals surface area contributed by atoms with Crippen LogP contribution in [-0.4, -0.2) is 74.6 Å². The molecule has 0 saturated carbocycles. The predicted octanol–water partition coefficient (Wildman–Crippen LogP) is 1.26. The van der Waals surface area contributed by atoms with Gasteiger partial charge in [-0.25, -0.2) is 0 Å². The van der Waals surface area contributed by atoms with Crippen LogP contribution in [0.25, 0.3) is 0 Å². The van der Waals surface area contributed by atoms with Gasteiger partial charge in [-0.15, -0.1) is 0 Å². The Hall–Kier alpha value is -0.940. The van der Waals surface area contributed by atoms with Crippen LogP contribution in [0.1, 0.15) is 18.0 Å². The van der Waals surface area contributed by atoms with E-state index in [1.54, 1.807) is 0 Å². The molecule has 1 heterocycles. The van der Waals surface area contributed by atoms with Crippen molar-refractivity contribution in [2.45, 2.75) is 12.5 Å². The molecule has 0 spiro atoms. The fourth-order valence-corrected chi connectivity index (χ4v) is 2.77. The van der Waals surface area contributed by atoms with Gasteiger partial charge < -0.3 is 15.5 Å². The van der Waals surface area contributed by atoms with E-state index in [0.29, 0.717) is 0 Å². The maximum Gasteiger partial charge on any atom is 0.0307 e. The average molecular weight is 290 g/mol. The molecule has 1 aromatic carbocycles. The number of rotatable bonds is 7. The normalized spacial score (nSPS) is 19.0. The van der Waals surface area contributed by atoms with E-state index in [1.165, 1.54) is 38.3 Å². The third-order valence-corrected chi connectivity index (χ3v) is 4.31. The fraction of sp³-hybridized carbons (Fsp3) is 0.647. The lowest BCUT2D eigenvalue weighted by Crippen LogP contribution is -2.48. The zero-order chi connectivity index (χ0) is 15.1. The van der Waals surface area contributed by atoms with Gasteiger partial charge in [0, 0.05) is 51.9 Å². The third-order valence-electron chi connectivity index (χ3n) is 4.31. The molecule has 2 N–H and O–H groups in total. The van der Waals surface area contributed by atoms with Crippen LogP contribution < -0.4 is 5.73 Å². The van der Waals surface area contributed by atoms with Crippen molar-refractivity contribution in [1.82, 2.24) is 14.7 Å². The van der Waals surface area contributed by atoms with Gasteiger partial charge in [0.2, 0.25) is 0 Å². The first-order chi connectivity index (χ1) is 10.1. The molecule has 1 aliphatic heterocycles. The van der Waals surface area contributed by atoms with Gasteiger partial charge in [-0.3, -0.25) is 4.90 Å². The average Bonchev–Trinajstić information content (AvgIpc) is 2.52.